The number of fused-ring (bicyclic) bond motifs is 1. The van der Waals surface area contributed by atoms with Crippen LogP contribution in [0.3, 0.4) is 0 Å². The number of thioether (sulfide) groups is 1. The number of rotatable bonds is 7. The molecule has 0 spiro atoms. The van der Waals surface area contributed by atoms with Gasteiger partial charge < -0.3 is 10.2 Å². The van der Waals surface area contributed by atoms with Crippen molar-refractivity contribution >= 4 is 29.2 Å². The molecule has 150 valence electrons. The fourth-order valence-corrected chi connectivity index (χ4v) is 3.98. The van der Waals surface area contributed by atoms with Crippen LogP contribution in [-0.2, 0) is 11.2 Å². The zero-order chi connectivity index (χ0) is 20.1. The smallest absolute Gasteiger partial charge is 0.251 e. The van der Waals surface area contributed by atoms with Crippen molar-refractivity contribution in [2.24, 2.45) is 0 Å². The summed E-state index contributed by atoms with van der Waals surface area (Å²) in [6.45, 7) is 2.15. The van der Waals surface area contributed by atoms with Crippen LogP contribution in [0, 0.1) is 0 Å². The summed E-state index contributed by atoms with van der Waals surface area (Å²) in [6.07, 6.45) is 2.69. The molecule has 8 nitrogen and oxygen atoms in total. The maximum Gasteiger partial charge on any atom is 0.251 e. The van der Waals surface area contributed by atoms with Crippen molar-refractivity contribution in [3.8, 4) is 0 Å². The Kier molecular flexibility index (Phi) is 6.04. The Morgan fingerprint density at radius 3 is 2.62 bits per heavy atom. The summed E-state index contributed by atoms with van der Waals surface area (Å²) in [7, 11) is 0. The van der Waals surface area contributed by atoms with Gasteiger partial charge in [-0.3, -0.25) is 9.59 Å². The monoisotopic (exact) mass is 410 g/mol. The van der Waals surface area contributed by atoms with Gasteiger partial charge in [0.05, 0.1) is 5.75 Å². The molecule has 1 aromatic carbocycles. The lowest BCUT2D eigenvalue weighted by molar-refractivity contribution is -0.127. The van der Waals surface area contributed by atoms with Crippen LogP contribution in [0.1, 0.15) is 29.0 Å². The van der Waals surface area contributed by atoms with Gasteiger partial charge in [-0.2, -0.15) is 9.61 Å². The van der Waals surface area contributed by atoms with Crippen LogP contribution in [0.4, 0.5) is 0 Å². The average Bonchev–Trinajstić information content (AvgIpc) is 3.43. The van der Waals surface area contributed by atoms with Gasteiger partial charge in [-0.1, -0.05) is 30.0 Å². The van der Waals surface area contributed by atoms with E-state index in [1.54, 1.807) is 16.6 Å². The van der Waals surface area contributed by atoms with Crippen LogP contribution in [0.25, 0.3) is 5.65 Å². The summed E-state index contributed by atoms with van der Waals surface area (Å²) >= 11 is 1.42. The molecule has 1 aliphatic heterocycles. The Balaban J connectivity index is 1.35. The summed E-state index contributed by atoms with van der Waals surface area (Å²) in [5.41, 5.74) is 1.27. The minimum atomic E-state index is -0.121. The predicted octanol–water partition coefficient (Wildman–Crippen LogP) is 1.81. The second-order valence-corrected chi connectivity index (χ2v) is 7.80. The molecule has 1 fully saturated rings. The molecule has 2 aromatic heterocycles. The van der Waals surface area contributed by atoms with Gasteiger partial charge in [0.25, 0.3) is 5.91 Å². The molecule has 3 heterocycles. The van der Waals surface area contributed by atoms with E-state index in [0.29, 0.717) is 35.8 Å². The van der Waals surface area contributed by atoms with Gasteiger partial charge in [-0.25, -0.2) is 0 Å². The molecule has 29 heavy (non-hydrogen) atoms. The molecule has 4 rings (SSSR count). The zero-order valence-corrected chi connectivity index (χ0v) is 16.8. The Hall–Kier alpha value is -2.94. The number of hydrogen-bond acceptors (Lipinski definition) is 6. The highest BCUT2D eigenvalue weighted by atomic mass is 32.2. The highest BCUT2D eigenvalue weighted by Crippen LogP contribution is 2.18. The van der Waals surface area contributed by atoms with Crippen molar-refractivity contribution in [3.05, 3.63) is 53.9 Å². The number of nitrogens with zero attached hydrogens (tertiary/aromatic N) is 5. The van der Waals surface area contributed by atoms with E-state index in [1.807, 2.05) is 35.2 Å². The average molecular weight is 411 g/mol. The topological polar surface area (TPSA) is 92.5 Å². The molecular weight excluding hydrogens is 388 g/mol. The Morgan fingerprint density at radius 2 is 1.83 bits per heavy atom. The molecule has 0 atom stereocenters. The van der Waals surface area contributed by atoms with Crippen LogP contribution in [0.5, 0.6) is 0 Å². The van der Waals surface area contributed by atoms with Gasteiger partial charge in [0.2, 0.25) is 5.91 Å². The van der Waals surface area contributed by atoms with Crippen LogP contribution >= 0.6 is 11.8 Å². The number of nitrogens with one attached hydrogen (secondary N) is 1. The van der Waals surface area contributed by atoms with Gasteiger partial charge >= 0.3 is 0 Å². The summed E-state index contributed by atoms with van der Waals surface area (Å²) in [5.74, 6) is 1.08. The van der Waals surface area contributed by atoms with Gasteiger partial charge in [-0.15, -0.1) is 10.2 Å². The standard InChI is InChI=1S/C20H22N6O2S/c27-19(25-12-4-5-13-25)14-29-18-9-8-16-22-23-17(26(16)24-18)10-11-21-20(28)15-6-2-1-3-7-15/h1-3,6-9H,4-5,10-14H2,(H,21,28). The molecule has 0 saturated carbocycles. The molecule has 1 saturated heterocycles. The van der Waals surface area contributed by atoms with Crippen molar-refractivity contribution in [1.82, 2.24) is 30.0 Å². The molecule has 1 aliphatic rings. The SMILES string of the molecule is O=C(NCCc1nnc2ccc(SCC(=O)N3CCCC3)nn12)c1ccccc1. The molecule has 2 amide bonds. The fraction of sp³-hybridized carbons (Fsp3) is 0.350. The lowest BCUT2D eigenvalue weighted by Gasteiger charge is -2.14. The number of benzene rings is 1. The van der Waals surface area contributed by atoms with E-state index in [1.165, 1.54) is 11.8 Å². The van der Waals surface area contributed by atoms with Crippen molar-refractivity contribution in [2.75, 3.05) is 25.4 Å². The third-order valence-electron chi connectivity index (χ3n) is 4.78. The number of hydrogen-bond donors (Lipinski definition) is 1. The first-order chi connectivity index (χ1) is 14.2. The van der Waals surface area contributed by atoms with E-state index < -0.39 is 0 Å². The number of carbonyl (C=O) groups is 2. The Bertz CT molecular complexity index is 1000. The van der Waals surface area contributed by atoms with Crippen molar-refractivity contribution < 1.29 is 9.59 Å². The molecule has 0 radical (unpaired) electrons. The zero-order valence-electron chi connectivity index (χ0n) is 16.0. The minimum absolute atomic E-state index is 0.121. The third-order valence-corrected chi connectivity index (χ3v) is 5.68. The Labute approximate surface area is 172 Å². The van der Waals surface area contributed by atoms with Crippen LogP contribution < -0.4 is 5.32 Å². The number of likely N-dealkylation sites (tertiary alicyclic amines) is 1. The maximum atomic E-state index is 12.2. The van der Waals surface area contributed by atoms with Gasteiger partial charge in [0.1, 0.15) is 5.03 Å². The lowest BCUT2D eigenvalue weighted by atomic mass is 10.2. The van der Waals surface area contributed by atoms with E-state index in [0.717, 1.165) is 31.0 Å². The fourth-order valence-electron chi connectivity index (χ4n) is 3.22. The first kappa shape index (κ1) is 19.4. The third kappa shape index (κ3) is 4.73. The quantitative estimate of drug-likeness (QED) is 0.597. The van der Waals surface area contributed by atoms with Crippen LogP contribution in [0.2, 0.25) is 0 Å². The van der Waals surface area contributed by atoms with E-state index in [4.69, 9.17) is 0 Å². The van der Waals surface area contributed by atoms with E-state index >= 15 is 0 Å². The maximum absolute atomic E-state index is 12.2. The minimum Gasteiger partial charge on any atom is -0.352 e. The van der Waals surface area contributed by atoms with Gasteiger partial charge in [-0.05, 0) is 37.1 Å². The second-order valence-electron chi connectivity index (χ2n) is 6.81. The first-order valence-electron chi connectivity index (χ1n) is 9.66. The molecule has 3 aromatic rings. The molecule has 9 heteroatoms. The largest absolute Gasteiger partial charge is 0.352 e. The number of carbonyl (C=O) groups excluding carboxylic acids is 2. The van der Waals surface area contributed by atoms with E-state index in [9.17, 15) is 9.59 Å². The Morgan fingerprint density at radius 1 is 1.03 bits per heavy atom. The van der Waals surface area contributed by atoms with Crippen LogP contribution in [-0.4, -0.2) is 61.9 Å². The second kappa shape index (κ2) is 9.04. The molecule has 0 bridgehead atoms. The lowest BCUT2D eigenvalue weighted by Crippen LogP contribution is -2.29. The predicted molar refractivity (Wildman–Crippen MR) is 110 cm³/mol. The van der Waals surface area contributed by atoms with E-state index in [-0.39, 0.29) is 11.8 Å². The van der Waals surface area contributed by atoms with Gasteiger partial charge in [0.15, 0.2) is 11.5 Å². The highest BCUT2D eigenvalue weighted by Gasteiger charge is 2.18. The molecular formula is C20H22N6O2S. The van der Waals surface area contributed by atoms with Crippen molar-refractivity contribution in [2.45, 2.75) is 24.3 Å². The highest BCUT2D eigenvalue weighted by molar-refractivity contribution is 7.99. The summed E-state index contributed by atoms with van der Waals surface area (Å²) in [5, 5.41) is 16.5. The normalized spacial score (nSPS) is 13.7. The van der Waals surface area contributed by atoms with Crippen LogP contribution in [0.15, 0.2) is 47.5 Å². The number of aromatic nitrogens is 4. The first-order valence-corrected chi connectivity index (χ1v) is 10.6. The molecule has 0 unspecified atom stereocenters. The summed E-state index contributed by atoms with van der Waals surface area (Å²) < 4.78 is 1.68. The van der Waals surface area contributed by atoms with Crippen molar-refractivity contribution in [3.63, 3.8) is 0 Å². The summed E-state index contributed by atoms with van der Waals surface area (Å²) in [6, 6.07) is 12.8. The molecule has 0 aliphatic carbocycles. The summed E-state index contributed by atoms with van der Waals surface area (Å²) in [4.78, 5) is 26.3. The van der Waals surface area contributed by atoms with E-state index in [2.05, 4.69) is 20.6 Å². The molecule has 1 N–H and O–H groups in total. The number of amides is 2. The van der Waals surface area contributed by atoms with Crippen molar-refractivity contribution in [1.29, 1.82) is 0 Å². The van der Waals surface area contributed by atoms with Gasteiger partial charge in [0, 0.05) is 31.6 Å².